The Kier molecular flexibility index (Phi) is 57.2. The van der Waals surface area contributed by atoms with Crippen LogP contribution in [0.5, 0.6) is 0 Å². The van der Waals surface area contributed by atoms with Crippen molar-refractivity contribution in [3.05, 3.63) is 178 Å². The molecule has 0 bridgehead atoms. The molecule has 0 radical (unpaired) electrons. The lowest BCUT2D eigenvalue weighted by Gasteiger charge is -2.39. The number of rotatable bonds is 2. The van der Waals surface area contributed by atoms with Crippen LogP contribution in [0.15, 0.2) is 110 Å². The Balaban J connectivity index is -0.000000600. The normalized spacial score (nSPS) is 14.8. The van der Waals surface area contributed by atoms with Crippen LogP contribution in [-0.2, 0) is 62.3 Å². The molecule has 1 aliphatic carbocycles. The molecule has 14 nitrogen and oxygen atoms in total. The van der Waals surface area contributed by atoms with Crippen LogP contribution in [0.2, 0.25) is 0 Å². The lowest BCUT2D eigenvalue weighted by atomic mass is 9.71. The number of para-hydroxylation sites is 2. The Morgan fingerprint density at radius 3 is 1.36 bits per heavy atom. The summed E-state index contributed by atoms with van der Waals surface area (Å²) in [6, 6.07) is 30.0. The van der Waals surface area contributed by atoms with Crippen molar-refractivity contribution in [3.8, 4) is 0 Å². The van der Waals surface area contributed by atoms with Crippen molar-refractivity contribution in [1.29, 1.82) is 0 Å². The Morgan fingerprint density at radius 2 is 0.903 bits per heavy atom. The molecule has 0 fully saturated rings. The summed E-state index contributed by atoms with van der Waals surface area (Å²) in [4.78, 5) is 41.3. The van der Waals surface area contributed by atoms with Crippen molar-refractivity contribution in [2.24, 2.45) is 16.7 Å². The van der Waals surface area contributed by atoms with Crippen LogP contribution in [0.4, 0.5) is 23.3 Å². The van der Waals surface area contributed by atoms with Gasteiger partial charge in [0.1, 0.15) is 35.4 Å². The molecule has 5 aliphatic heterocycles. The zero-order valence-corrected chi connectivity index (χ0v) is 75.7. The Labute approximate surface area is 697 Å². The first-order valence-electron chi connectivity index (χ1n) is 42.7. The van der Waals surface area contributed by atoms with E-state index in [9.17, 15) is 0 Å². The molecule has 0 saturated carbocycles. The fraction of sp³-hybridized carbons (Fsp3) is 0.636. The molecule has 6 aliphatic rings. The predicted octanol–water partition coefficient (Wildman–Crippen LogP) is 28.2. The van der Waals surface area contributed by atoms with E-state index in [1.165, 1.54) is 108 Å². The SMILES string of the molecule is C.C.C.C.CC.CC.CC.CC.CC.CC.CC.CC(C)(C)C1CCc2cc3c(nc2C1)NCCC3.CC(C)(C)C1CCc2cccnc2N1.CC(C)(C)N1CCc2cc3c(nc2C1)NCCC3.CC(C)(C)c1ccc2c(n1)NCCC2.CC(C)(C)c1nc2ccccc2[nH]1.CC(C)c1ccccn1.CC(C)c1ccncn1. The summed E-state index contributed by atoms with van der Waals surface area (Å²) >= 11 is 0. The lowest BCUT2D eigenvalue weighted by Crippen LogP contribution is -2.44. The number of nitrogens with one attached hydrogen (secondary N) is 5. The maximum atomic E-state index is 4.91. The van der Waals surface area contributed by atoms with Gasteiger partial charge >= 0.3 is 0 Å². The Bertz CT molecular complexity index is 3510. The highest BCUT2D eigenvalue weighted by Gasteiger charge is 2.32. The second-order valence-corrected chi connectivity index (χ2v) is 32.6. The first-order valence-corrected chi connectivity index (χ1v) is 42.7. The van der Waals surface area contributed by atoms with Gasteiger partial charge in [-0.25, -0.2) is 34.9 Å². The van der Waals surface area contributed by atoms with Gasteiger partial charge in [-0.15, -0.1) is 0 Å². The monoisotopic (exact) mass is 1560 g/mol. The molecule has 113 heavy (non-hydrogen) atoms. The fourth-order valence-electron chi connectivity index (χ4n) is 12.5. The van der Waals surface area contributed by atoms with E-state index in [0.717, 1.165) is 109 Å². The third kappa shape index (κ3) is 38.3. The van der Waals surface area contributed by atoms with Crippen LogP contribution in [0.3, 0.4) is 0 Å². The molecule has 2 unspecified atom stereocenters. The summed E-state index contributed by atoms with van der Waals surface area (Å²) in [5.41, 5.74) is 18.0. The Hall–Kier alpha value is -7.32. The van der Waals surface area contributed by atoms with Crippen LogP contribution >= 0.6 is 0 Å². The molecule has 0 spiro atoms. The molecule has 1 aromatic carbocycles. The maximum Gasteiger partial charge on any atom is 0.129 e. The standard InChI is InChI=1S/C16H24N2.C15H23N3.2C12H18N2.C11H14N2.C8H11N.C7H10N2.7C2H6.4CH4/c1-16(2,3)13-7-6-11-9-12-5-4-8-17-15(12)18-14(11)10-13;1-15(2,3)18-8-6-11-9-12-5-4-7-16-14(12)17-13(11)10-18;2*1-12(2,3)10-7-6-9-5-4-8-13-11(9)14-10;1-11(2,3)10-12-8-6-4-5-7-9(8)13-10;1-7(2)8-5-3-4-6-9-8;1-6(2)7-3-4-8-5-9-7;7*1-2;;;;/h9,13H,4-8,10H2,1-3H3,(H,17,18);9H,4-8,10H2,1-3H3,(H,16,17);6-7H,4-5,8H2,1-3H3,(H,13,14);4-5,8,10H,6-7H2,1-3H3,(H,13,14);4-7H,1-3H3,(H,12,13);3-7H,1-2H3;3-6H,1-2H3;7*1-2H3;4*1H4. The second-order valence-electron chi connectivity index (χ2n) is 32.6. The van der Waals surface area contributed by atoms with Crippen LogP contribution in [0.1, 0.15) is 370 Å². The Morgan fingerprint density at radius 1 is 0.416 bits per heavy atom. The summed E-state index contributed by atoms with van der Waals surface area (Å²) < 4.78 is 0. The third-order valence-corrected chi connectivity index (χ3v) is 18.9. The van der Waals surface area contributed by atoms with Crippen molar-refractivity contribution in [3.63, 3.8) is 0 Å². The van der Waals surface area contributed by atoms with Gasteiger partial charge in [0.05, 0.1) is 16.7 Å². The number of nitrogens with zero attached hydrogens (tertiary/aromatic N) is 9. The summed E-state index contributed by atoms with van der Waals surface area (Å²) in [6.45, 7) is 75.7. The van der Waals surface area contributed by atoms with E-state index in [1.54, 1.807) is 12.5 Å². The van der Waals surface area contributed by atoms with E-state index in [4.69, 9.17) is 9.97 Å². The van der Waals surface area contributed by atoms with E-state index in [0.29, 0.717) is 28.7 Å². The molecule has 2 atom stereocenters. The average molecular weight is 1560 g/mol. The molecular weight excluding hydrogens is 1390 g/mol. The quantitative estimate of drug-likeness (QED) is 0.111. The van der Waals surface area contributed by atoms with Crippen LogP contribution in [0, 0.1) is 16.7 Å². The van der Waals surface area contributed by atoms with Crippen molar-refractivity contribution >= 4 is 34.3 Å². The third-order valence-electron chi connectivity index (χ3n) is 18.9. The number of fused-ring (bicyclic) bond motifs is 7. The number of imidazole rings is 1. The summed E-state index contributed by atoms with van der Waals surface area (Å²) in [5, 5.41) is 13.8. The van der Waals surface area contributed by atoms with Gasteiger partial charge in [0.2, 0.25) is 0 Å². The summed E-state index contributed by atoms with van der Waals surface area (Å²) in [6.07, 6.45) is 21.5. The largest absolute Gasteiger partial charge is 0.370 e. The first-order chi connectivity index (χ1) is 51.9. The van der Waals surface area contributed by atoms with Gasteiger partial charge < -0.3 is 26.3 Å². The van der Waals surface area contributed by atoms with Crippen LogP contribution in [-0.4, -0.2) is 87.5 Å². The molecule has 12 heterocycles. The minimum atomic E-state index is 0. The minimum absolute atomic E-state index is 0. The number of aromatic nitrogens is 9. The van der Waals surface area contributed by atoms with Gasteiger partial charge in [0.25, 0.3) is 0 Å². The van der Waals surface area contributed by atoms with Crippen LogP contribution < -0.4 is 21.3 Å². The van der Waals surface area contributed by atoms with Gasteiger partial charge in [0.15, 0.2) is 0 Å². The lowest BCUT2D eigenvalue weighted by molar-refractivity contribution is 0.118. The number of aromatic amines is 1. The number of hydrogen-bond acceptors (Lipinski definition) is 13. The van der Waals surface area contributed by atoms with E-state index in [2.05, 4.69) is 229 Å². The zero-order valence-electron chi connectivity index (χ0n) is 75.7. The van der Waals surface area contributed by atoms with Crippen molar-refractivity contribution in [2.75, 3.05) is 47.4 Å². The number of hydrogen-bond donors (Lipinski definition) is 5. The molecule has 7 aromatic heterocycles. The van der Waals surface area contributed by atoms with Crippen molar-refractivity contribution in [2.45, 2.75) is 376 Å². The molecule has 14 heteroatoms. The highest BCUT2D eigenvalue weighted by atomic mass is 15.2. The summed E-state index contributed by atoms with van der Waals surface area (Å²) in [5.74, 6) is 7.36. The zero-order chi connectivity index (χ0) is 82.7. The first kappa shape index (κ1) is 112. The van der Waals surface area contributed by atoms with Crippen LogP contribution in [0.25, 0.3) is 11.0 Å². The van der Waals surface area contributed by atoms with E-state index >= 15 is 0 Å². The topological polar surface area (TPSA) is 170 Å². The minimum Gasteiger partial charge on any atom is -0.370 e. The van der Waals surface area contributed by atoms with Gasteiger partial charge in [-0.1, -0.05) is 280 Å². The summed E-state index contributed by atoms with van der Waals surface area (Å²) in [7, 11) is 0. The van der Waals surface area contributed by atoms with E-state index in [-0.39, 0.29) is 46.1 Å². The van der Waals surface area contributed by atoms with E-state index < -0.39 is 0 Å². The number of benzene rings is 1. The van der Waals surface area contributed by atoms with Crippen molar-refractivity contribution in [1.82, 2.24) is 49.8 Å². The molecule has 642 valence electrons. The fourth-order valence-corrected chi connectivity index (χ4v) is 12.5. The van der Waals surface area contributed by atoms with Gasteiger partial charge in [-0.2, -0.15) is 0 Å². The van der Waals surface area contributed by atoms with Gasteiger partial charge in [-0.05, 0) is 202 Å². The van der Waals surface area contributed by atoms with Gasteiger partial charge in [0, 0.05) is 96.5 Å². The smallest absolute Gasteiger partial charge is 0.129 e. The number of anilines is 4. The number of pyridine rings is 5. The predicted molar refractivity (Wildman–Crippen MR) is 506 cm³/mol. The molecule has 0 saturated heterocycles. The molecule has 14 rings (SSSR count). The maximum absolute atomic E-state index is 4.91. The van der Waals surface area contributed by atoms with E-state index in [1.807, 2.05) is 158 Å². The van der Waals surface area contributed by atoms with Crippen molar-refractivity contribution < 1.29 is 0 Å². The average Bonchev–Trinajstić information content (AvgIpc) is 1.50. The highest BCUT2D eigenvalue weighted by molar-refractivity contribution is 5.75. The molecule has 0 amide bonds. The number of aryl methyl sites for hydroxylation is 5. The van der Waals surface area contributed by atoms with Gasteiger partial charge in [-0.3, -0.25) is 9.88 Å². The molecule has 8 aromatic rings. The second kappa shape index (κ2) is 57.7. The number of H-pyrrole nitrogens is 1. The highest BCUT2D eigenvalue weighted by Crippen LogP contribution is 2.39. The molecule has 5 N–H and O–H groups in total. The molecular formula is C99H176N14.